The van der Waals surface area contributed by atoms with Crippen LogP contribution in [0.2, 0.25) is 0 Å². The average Bonchev–Trinajstić information content (AvgIpc) is 3.17. The minimum absolute atomic E-state index is 0.255. The van der Waals surface area contributed by atoms with Gasteiger partial charge in [-0.15, -0.1) is 0 Å². The van der Waals surface area contributed by atoms with Crippen molar-refractivity contribution in [3.63, 3.8) is 0 Å². The second kappa shape index (κ2) is 9.66. The molecular formula is C24H22N4O4S. The highest BCUT2D eigenvalue weighted by Gasteiger charge is 2.16. The Bertz CT molecular complexity index is 1320. The highest BCUT2D eigenvalue weighted by Crippen LogP contribution is 2.31. The van der Waals surface area contributed by atoms with Crippen molar-refractivity contribution >= 4 is 44.4 Å². The monoisotopic (exact) mass is 462 g/mol. The second-order valence-electron chi connectivity index (χ2n) is 7.12. The number of nitrogens with one attached hydrogen (secondary N) is 2. The first-order valence-corrected chi connectivity index (χ1v) is 11.1. The van der Waals surface area contributed by atoms with E-state index in [0.717, 1.165) is 16.0 Å². The SMILES string of the molecule is CCOC(=O)c1cc(NC(=O)Nc2nc3ccc(Oc4ccccc4)cc3s2)c(C)nc1C. The first-order chi connectivity index (χ1) is 15.9. The van der Waals surface area contributed by atoms with E-state index >= 15 is 0 Å². The summed E-state index contributed by atoms with van der Waals surface area (Å²) in [6, 6.07) is 16.1. The molecule has 0 aliphatic heterocycles. The number of esters is 1. The summed E-state index contributed by atoms with van der Waals surface area (Å²) in [7, 11) is 0. The summed E-state index contributed by atoms with van der Waals surface area (Å²) < 4.78 is 11.8. The average molecular weight is 463 g/mol. The molecule has 2 aromatic heterocycles. The molecule has 9 heteroatoms. The molecule has 0 radical (unpaired) electrons. The van der Waals surface area contributed by atoms with Gasteiger partial charge in [0.15, 0.2) is 5.13 Å². The number of ether oxygens (including phenoxy) is 2. The molecule has 0 aliphatic rings. The predicted octanol–water partition coefficient (Wildman–Crippen LogP) is 5.92. The molecule has 2 heterocycles. The van der Waals surface area contributed by atoms with E-state index in [1.807, 2.05) is 48.5 Å². The third kappa shape index (κ3) is 5.27. The smallest absolute Gasteiger partial charge is 0.340 e. The number of para-hydroxylation sites is 1. The highest BCUT2D eigenvalue weighted by molar-refractivity contribution is 7.22. The molecule has 168 valence electrons. The van der Waals surface area contributed by atoms with Gasteiger partial charge in [0, 0.05) is 6.07 Å². The summed E-state index contributed by atoms with van der Waals surface area (Å²) in [4.78, 5) is 33.5. The number of carbonyl (C=O) groups is 2. The minimum Gasteiger partial charge on any atom is -0.462 e. The van der Waals surface area contributed by atoms with Crippen LogP contribution in [0.5, 0.6) is 11.5 Å². The third-order valence-corrected chi connectivity index (χ3v) is 5.64. The van der Waals surface area contributed by atoms with Crippen molar-refractivity contribution in [2.75, 3.05) is 17.2 Å². The molecule has 2 amide bonds. The fourth-order valence-electron chi connectivity index (χ4n) is 3.16. The Labute approximate surface area is 194 Å². The van der Waals surface area contributed by atoms with Crippen molar-refractivity contribution in [2.45, 2.75) is 20.8 Å². The summed E-state index contributed by atoms with van der Waals surface area (Å²) >= 11 is 1.33. The van der Waals surface area contributed by atoms with E-state index in [2.05, 4.69) is 20.6 Å². The van der Waals surface area contributed by atoms with Gasteiger partial charge in [0.25, 0.3) is 0 Å². The zero-order valence-corrected chi connectivity index (χ0v) is 19.2. The number of carbonyl (C=O) groups excluding carboxylic acids is 2. The van der Waals surface area contributed by atoms with E-state index in [9.17, 15) is 9.59 Å². The third-order valence-electron chi connectivity index (χ3n) is 4.71. The number of hydrogen-bond donors (Lipinski definition) is 2. The fraction of sp³-hybridized carbons (Fsp3) is 0.167. The van der Waals surface area contributed by atoms with Crippen LogP contribution >= 0.6 is 11.3 Å². The van der Waals surface area contributed by atoms with Gasteiger partial charge in [-0.2, -0.15) is 0 Å². The van der Waals surface area contributed by atoms with E-state index in [4.69, 9.17) is 9.47 Å². The maximum Gasteiger partial charge on any atom is 0.340 e. The van der Waals surface area contributed by atoms with Gasteiger partial charge in [0.1, 0.15) is 11.5 Å². The van der Waals surface area contributed by atoms with Crippen molar-refractivity contribution in [2.24, 2.45) is 0 Å². The number of fused-ring (bicyclic) bond motifs is 1. The molecule has 0 aliphatic carbocycles. The normalized spacial score (nSPS) is 10.6. The van der Waals surface area contributed by atoms with Gasteiger partial charge in [-0.05, 0) is 51.1 Å². The topological polar surface area (TPSA) is 102 Å². The second-order valence-corrected chi connectivity index (χ2v) is 8.15. The molecule has 2 aromatic carbocycles. The molecular weight excluding hydrogens is 440 g/mol. The summed E-state index contributed by atoms with van der Waals surface area (Å²) in [6.45, 7) is 5.46. The van der Waals surface area contributed by atoms with Gasteiger partial charge in [-0.25, -0.2) is 14.6 Å². The van der Waals surface area contributed by atoms with Gasteiger partial charge < -0.3 is 14.8 Å². The molecule has 0 bridgehead atoms. The van der Waals surface area contributed by atoms with E-state index in [1.165, 1.54) is 11.3 Å². The van der Waals surface area contributed by atoms with Crippen LogP contribution in [0.1, 0.15) is 28.7 Å². The summed E-state index contributed by atoms with van der Waals surface area (Å²) in [5, 5.41) is 5.90. The zero-order chi connectivity index (χ0) is 23.4. The number of nitrogens with zero attached hydrogens (tertiary/aromatic N) is 2. The van der Waals surface area contributed by atoms with E-state index in [-0.39, 0.29) is 6.61 Å². The minimum atomic E-state index is -0.488. The Balaban J connectivity index is 1.48. The number of pyridine rings is 1. The number of anilines is 2. The lowest BCUT2D eigenvalue weighted by Crippen LogP contribution is -2.21. The Morgan fingerprint density at radius 1 is 0.939 bits per heavy atom. The lowest BCUT2D eigenvalue weighted by Gasteiger charge is -2.12. The fourth-order valence-corrected chi connectivity index (χ4v) is 4.05. The number of aryl methyl sites for hydroxylation is 2. The van der Waals surface area contributed by atoms with Gasteiger partial charge in [0.05, 0.1) is 39.5 Å². The van der Waals surface area contributed by atoms with Gasteiger partial charge in [-0.1, -0.05) is 29.5 Å². The number of aromatic nitrogens is 2. The molecule has 33 heavy (non-hydrogen) atoms. The molecule has 0 saturated carbocycles. The number of benzene rings is 2. The van der Waals surface area contributed by atoms with Crippen LogP contribution < -0.4 is 15.4 Å². The standard InChI is InChI=1S/C24H22N4O4S/c1-4-31-22(29)18-13-20(15(3)25-14(18)2)26-23(30)28-24-27-19-11-10-17(12-21(19)33-24)32-16-8-6-5-7-9-16/h5-13H,4H2,1-3H3,(H2,26,27,28,30). The summed E-state index contributed by atoms with van der Waals surface area (Å²) in [5.74, 6) is 0.940. The van der Waals surface area contributed by atoms with Crippen molar-refractivity contribution in [1.29, 1.82) is 0 Å². The first-order valence-electron chi connectivity index (χ1n) is 10.3. The van der Waals surface area contributed by atoms with Crippen molar-refractivity contribution in [3.05, 3.63) is 71.5 Å². The largest absolute Gasteiger partial charge is 0.462 e. The van der Waals surface area contributed by atoms with Gasteiger partial charge in [-0.3, -0.25) is 10.3 Å². The number of rotatable bonds is 6. The van der Waals surface area contributed by atoms with Crippen molar-refractivity contribution in [3.8, 4) is 11.5 Å². The van der Waals surface area contributed by atoms with Gasteiger partial charge >= 0.3 is 12.0 Å². The lowest BCUT2D eigenvalue weighted by molar-refractivity contribution is 0.0525. The van der Waals surface area contributed by atoms with Crippen LogP contribution in [0, 0.1) is 13.8 Å². The van der Waals surface area contributed by atoms with Crippen LogP contribution in [0.3, 0.4) is 0 Å². The predicted molar refractivity (Wildman–Crippen MR) is 128 cm³/mol. The first kappa shape index (κ1) is 22.2. The molecule has 4 aromatic rings. The zero-order valence-electron chi connectivity index (χ0n) is 18.3. The molecule has 8 nitrogen and oxygen atoms in total. The van der Waals surface area contributed by atoms with Crippen LogP contribution in [-0.4, -0.2) is 28.6 Å². The quantitative estimate of drug-likeness (QED) is 0.345. The van der Waals surface area contributed by atoms with Crippen molar-refractivity contribution < 1.29 is 19.1 Å². The Morgan fingerprint density at radius 2 is 1.73 bits per heavy atom. The van der Waals surface area contributed by atoms with E-state index in [1.54, 1.807) is 26.8 Å². The van der Waals surface area contributed by atoms with Crippen LogP contribution in [0.4, 0.5) is 15.6 Å². The molecule has 0 fully saturated rings. The Morgan fingerprint density at radius 3 is 2.48 bits per heavy atom. The lowest BCUT2D eigenvalue weighted by atomic mass is 10.1. The number of urea groups is 1. The molecule has 2 N–H and O–H groups in total. The Kier molecular flexibility index (Phi) is 6.50. The number of hydrogen-bond acceptors (Lipinski definition) is 7. The molecule has 0 atom stereocenters. The van der Waals surface area contributed by atoms with Crippen LogP contribution in [-0.2, 0) is 4.74 Å². The highest BCUT2D eigenvalue weighted by atomic mass is 32.1. The van der Waals surface area contributed by atoms with Gasteiger partial charge in [0.2, 0.25) is 0 Å². The maximum atomic E-state index is 12.6. The van der Waals surface area contributed by atoms with Crippen LogP contribution in [0.25, 0.3) is 10.2 Å². The summed E-state index contributed by atoms with van der Waals surface area (Å²) in [5.41, 5.74) is 2.59. The Hall–Kier alpha value is -3.98. The maximum absolute atomic E-state index is 12.6. The summed E-state index contributed by atoms with van der Waals surface area (Å²) in [6.07, 6.45) is 0. The molecule has 0 spiro atoms. The molecule has 0 unspecified atom stereocenters. The van der Waals surface area contributed by atoms with E-state index in [0.29, 0.717) is 33.5 Å². The van der Waals surface area contributed by atoms with Crippen molar-refractivity contribution in [1.82, 2.24) is 9.97 Å². The number of amides is 2. The van der Waals surface area contributed by atoms with E-state index < -0.39 is 12.0 Å². The molecule has 4 rings (SSSR count). The molecule has 0 saturated heterocycles. The van der Waals surface area contributed by atoms with Crippen LogP contribution in [0.15, 0.2) is 54.6 Å². The number of thiazole rings is 1.